The number of aromatic nitrogens is 2. The number of piperidine rings is 1. The van der Waals surface area contributed by atoms with Crippen LogP contribution in [0.15, 0.2) is 30.5 Å². The summed E-state index contributed by atoms with van der Waals surface area (Å²) in [7, 11) is -0.255. The van der Waals surface area contributed by atoms with E-state index in [1.165, 1.54) is 6.07 Å². The number of ether oxygens (including phenoxy) is 1. The van der Waals surface area contributed by atoms with Gasteiger partial charge < -0.3 is 14.1 Å². The smallest absolute Gasteiger partial charge is 0.296 e. The summed E-state index contributed by atoms with van der Waals surface area (Å²) in [6.07, 6.45) is 3.72. The molecule has 1 unspecified atom stereocenters. The third-order valence-electron chi connectivity index (χ3n) is 8.64. The van der Waals surface area contributed by atoms with Gasteiger partial charge in [0.05, 0.1) is 18.5 Å². The molecule has 1 aliphatic rings. The molecule has 0 bridgehead atoms. The summed E-state index contributed by atoms with van der Waals surface area (Å²) in [4.78, 5) is 7.14. The highest BCUT2D eigenvalue weighted by Crippen LogP contribution is 2.47. The molecule has 0 spiro atoms. The number of nitrogens with zero attached hydrogens (tertiary/aromatic N) is 3. The number of hydrogen-bond acceptors (Lipinski definition) is 4. The van der Waals surface area contributed by atoms with Crippen molar-refractivity contribution in [2.75, 3.05) is 19.7 Å². The zero-order valence-electron chi connectivity index (χ0n) is 23.3. The van der Waals surface area contributed by atoms with Crippen LogP contribution >= 0.6 is 0 Å². The van der Waals surface area contributed by atoms with Crippen molar-refractivity contribution < 1.29 is 13.6 Å². The largest absolute Gasteiger partial charge is 0.464 e. The van der Waals surface area contributed by atoms with Gasteiger partial charge in [-0.2, -0.15) is 0 Å². The van der Waals surface area contributed by atoms with Crippen LogP contribution in [0.2, 0.25) is 18.1 Å². The molecule has 1 saturated heterocycles. The van der Waals surface area contributed by atoms with Crippen molar-refractivity contribution in [1.29, 1.82) is 0 Å². The van der Waals surface area contributed by atoms with E-state index in [0.29, 0.717) is 30.5 Å². The van der Waals surface area contributed by atoms with Gasteiger partial charge in [0.1, 0.15) is 11.9 Å². The minimum absolute atomic E-state index is 0.0291. The van der Waals surface area contributed by atoms with E-state index in [4.69, 9.17) is 9.16 Å². The zero-order chi connectivity index (χ0) is 26.0. The van der Waals surface area contributed by atoms with E-state index in [1.54, 1.807) is 12.1 Å². The first-order valence-corrected chi connectivity index (χ1v) is 16.1. The molecule has 0 saturated carbocycles. The van der Waals surface area contributed by atoms with Gasteiger partial charge in [0.2, 0.25) is 0 Å². The fourth-order valence-electron chi connectivity index (χ4n) is 4.72. The van der Waals surface area contributed by atoms with Crippen LogP contribution in [0.3, 0.4) is 0 Å². The van der Waals surface area contributed by atoms with Crippen LogP contribution in [-0.2, 0) is 11.5 Å². The lowest BCUT2D eigenvalue weighted by Crippen LogP contribution is -2.46. The molecule has 1 aliphatic heterocycles. The fraction of sp³-hybridized carbons (Fsp3) is 0.679. The van der Waals surface area contributed by atoms with E-state index in [2.05, 4.69) is 64.5 Å². The van der Waals surface area contributed by atoms with E-state index in [1.807, 2.05) is 23.9 Å². The van der Waals surface area contributed by atoms with Crippen molar-refractivity contribution >= 4 is 8.32 Å². The Morgan fingerprint density at radius 2 is 1.80 bits per heavy atom. The third-order valence-corrected chi connectivity index (χ3v) is 13.1. The maximum Gasteiger partial charge on any atom is 0.296 e. The Morgan fingerprint density at radius 3 is 2.37 bits per heavy atom. The molecule has 196 valence electrons. The van der Waals surface area contributed by atoms with Gasteiger partial charge in [-0.05, 0) is 87.4 Å². The van der Waals surface area contributed by atoms with Gasteiger partial charge in [0, 0.05) is 13.1 Å². The summed E-state index contributed by atoms with van der Waals surface area (Å²) in [6, 6.07) is 7.94. The van der Waals surface area contributed by atoms with Crippen LogP contribution < -0.4 is 4.74 Å². The maximum atomic E-state index is 14.3. The molecule has 35 heavy (non-hydrogen) atoms. The Balaban J connectivity index is 1.81. The minimum Gasteiger partial charge on any atom is -0.464 e. The lowest BCUT2D eigenvalue weighted by atomic mass is 9.97. The van der Waals surface area contributed by atoms with Crippen LogP contribution in [0.1, 0.15) is 71.7 Å². The van der Waals surface area contributed by atoms with Crippen molar-refractivity contribution in [1.82, 2.24) is 14.5 Å². The normalized spacial score (nSPS) is 17.4. The average Bonchev–Trinajstić information content (AvgIpc) is 3.16. The van der Waals surface area contributed by atoms with Crippen LogP contribution in [0, 0.1) is 17.7 Å². The first-order valence-electron chi connectivity index (χ1n) is 13.1. The number of likely N-dealkylation sites (tertiary alicyclic amines) is 1. The molecule has 1 atom stereocenters. The SMILES string of the molecule is CC(C)N1CCC(COc2ncc(C(O[Si](C)(C)C(C)(C)C(C)C)c3cccc(F)c3)n2C)CC1. The molecule has 0 N–H and O–H groups in total. The summed E-state index contributed by atoms with van der Waals surface area (Å²) in [5.74, 6) is 0.744. The second kappa shape index (κ2) is 11.1. The van der Waals surface area contributed by atoms with Crippen LogP contribution in [0.5, 0.6) is 6.01 Å². The van der Waals surface area contributed by atoms with Crippen molar-refractivity contribution in [3.8, 4) is 6.01 Å². The molecule has 1 aromatic heterocycles. The Kier molecular flexibility index (Phi) is 8.87. The van der Waals surface area contributed by atoms with Crippen molar-refractivity contribution in [2.24, 2.45) is 18.9 Å². The Morgan fingerprint density at radius 1 is 1.14 bits per heavy atom. The highest BCUT2D eigenvalue weighted by Gasteiger charge is 2.45. The molecular formula is C28H46FN3O2Si. The Hall–Kier alpha value is -1.70. The molecule has 7 heteroatoms. The number of imidazole rings is 1. The molecular weight excluding hydrogens is 457 g/mol. The third kappa shape index (κ3) is 6.36. The van der Waals surface area contributed by atoms with Gasteiger partial charge >= 0.3 is 0 Å². The van der Waals surface area contributed by atoms with E-state index in [0.717, 1.165) is 37.2 Å². The first-order chi connectivity index (χ1) is 16.3. The van der Waals surface area contributed by atoms with E-state index in [9.17, 15) is 4.39 Å². The average molecular weight is 504 g/mol. The quantitative estimate of drug-likeness (QED) is 0.334. The van der Waals surface area contributed by atoms with Crippen molar-refractivity contribution in [3.63, 3.8) is 0 Å². The lowest BCUT2D eigenvalue weighted by molar-refractivity contribution is 0.114. The number of halogens is 1. The van der Waals surface area contributed by atoms with Crippen molar-refractivity contribution in [2.45, 2.75) is 84.7 Å². The minimum atomic E-state index is -2.22. The van der Waals surface area contributed by atoms with Gasteiger partial charge in [-0.1, -0.05) is 39.8 Å². The van der Waals surface area contributed by atoms with Crippen LogP contribution in [0.4, 0.5) is 4.39 Å². The Bertz CT molecular complexity index is 965. The predicted octanol–water partition coefficient (Wildman–Crippen LogP) is 6.81. The number of benzene rings is 1. The lowest BCUT2D eigenvalue weighted by Gasteiger charge is -2.44. The number of hydrogen-bond donors (Lipinski definition) is 0. The second-order valence-corrected chi connectivity index (χ2v) is 16.4. The Labute approximate surface area is 213 Å². The van der Waals surface area contributed by atoms with E-state index in [-0.39, 0.29) is 10.9 Å². The molecule has 3 rings (SSSR count). The maximum absolute atomic E-state index is 14.3. The van der Waals surface area contributed by atoms with Crippen LogP contribution in [-0.4, -0.2) is 48.5 Å². The van der Waals surface area contributed by atoms with E-state index < -0.39 is 14.4 Å². The molecule has 5 nitrogen and oxygen atoms in total. The van der Waals surface area contributed by atoms with Gasteiger partial charge in [-0.15, -0.1) is 0 Å². The molecule has 1 fully saturated rings. The monoisotopic (exact) mass is 503 g/mol. The summed E-state index contributed by atoms with van der Waals surface area (Å²) in [5, 5.41) is 0.0291. The first kappa shape index (κ1) is 27.9. The summed E-state index contributed by atoms with van der Waals surface area (Å²) >= 11 is 0. The fourth-order valence-corrected chi connectivity index (χ4v) is 7.26. The summed E-state index contributed by atoms with van der Waals surface area (Å²) < 4.78 is 29.4. The number of rotatable bonds is 10. The second-order valence-electron chi connectivity index (χ2n) is 11.8. The molecule has 0 radical (unpaired) electrons. The topological polar surface area (TPSA) is 39.5 Å². The standard InChI is InChI=1S/C28H46FN3O2Si/c1-20(2)28(5,6)35(8,9)34-26(23-11-10-12-24(29)17-23)25-18-30-27(31(25)7)33-19-22-13-15-32(16-14-22)21(3)4/h10-12,17-18,20-22,26H,13-16,19H2,1-9H3. The molecule has 0 aliphatic carbocycles. The van der Waals surface area contributed by atoms with Gasteiger partial charge in [0.15, 0.2) is 8.32 Å². The molecule has 2 heterocycles. The zero-order valence-corrected chi connectivity index (χ0v) is 24.3. The molecule has 0 amide bonds. The molecule has 1 aromatic carbocycles. The summed E-state index contributed by atoms with van der Waals surface area (Å²) in [6.45, 7) is 21.0. The van der Waals surface area contributed by atoms with E-state index >= 15 is 0 Å². The van der Waals surface area contributed by atoms with Gasteiger partial charge in [-0.25, -0.2) is 9.37 Å². The van der Waals surface area contributed by atoms with Crippen LogP contribution in [0.25, 0.3) is 0 Å². The predicted molar refractivity (Wildman–Crippen MR) is 144 cm³/mol. The summed E-state index contributed by atoms with van der Waals surface area (Å²) in [5.41, 5.74) is 1.70. The molecule has 2 aromatic rings. The highest BCUT2D eigenvalue weighted by atomic mass is 28.4. The highest BCUT2D eigenvalue weighted by molar-refractivity contribution is 6.74. The van der Waals surface area contributed by atoms with Gasteiger partial charge in [-0.3, -0.25) is 4.57 Å². The van der Waals surface area contributed by atoms with Crippen molar-refractivity contribution in [3.05, 3.63) is 47.5 Å². The van der Waals surface area contributed by atoms with Gasteiger partial charge in [0.25, 0.3) is 6.01 Å².